The second-order valence-electron chi connectivity index (χ2n) is 9.78. The molecule has 0 radical (unpaired) electrons. The van der Waals surface area contributed by atoms with Crippen molar-refractivity contribution in [2.24, 2.45) is 5.41 Å². The molecular weight excluding hydrogens is 430 g/mol. The summed E-state index contributed by atoms with van der Waals surface area (Å²) in [5, 5.41) is 0. The molecule has 1 unspecified atom stereocenters. The Labute approximate surface area is 202 Å². The molecule has 2 fully saturated rings. The van der Waals surface area contributed by atoms with Crippen LogP contribution in [-0.2, 0) is 14.3 Å². The number of pyridine rings is 1. The van der Waals surface area contributed by atoms with E-state index >= 15 is 0 Å². The predicted octanol–water partition coefficient (Wildman–Crippen LogP) is 4.16. The van der Waals surface area contributed by atoms with Crippen LogP contribution in [0.1, 0.15) is 49.8 Å². The van der Waals surface area contributed by atoms with E-state index in [9.17, 15) is 9.59 Å². The highest BCUT2D eigenvalue weighted by Crippen LogP contribution is 2.36. The maximum atomic E-state index is 13.5. The van der Waals surface area contributed by atoms with E-state index in [-0.39, 0.29) is 24.3 Å². The number of rotatable bonds is 6. The molecule has 182 valence electrons. The van der Waals surface area contributed by atoms with Crippen LogP contribution in [0.25, 0.3) is 0 Å². The molecule has 0 bridgehead atoms. The number of benzene rings is 1. The lowest BCUT2D eigenvalue weighted by atomic mass is 9.78. The molecular formula is C27H35N3O4. The fraction of sp³-hybridized carbons (Fsp3) is 0.519. The van der Waals surface area contributed by atoms with Crippen LogP contribution in [-0.4, -0.2) is 66.5 Å². The van der Waals surface area contributed by atoms with Crippen molar-refractivity contribution in [1.29, 1.82) is 0 Å². The van der Waals surface area contributed by atoms with Gasteiger partial charge in [0.1, 0.15) is 12.4 Å². The van der Waals surface area contributed by atoms with Gasteiger partial charge in [0.05, 0.1) is 0 Å². The summed E-state index contributed by atoms with van der Waals surface area (Å²) >= 11 is 0. The smallest absolute Gasteiger partial charge is 0.248 e. The lowest BCUT2D eigenvalue weighted by molar-refractivity contribution is -0.149. The van der Waals surface area contributed by atoms with E-state index in [1.54, 1.807) is 4.90 Å². The summed E-state index contributed by atoms with van der Waals surface area (Å²) in [6.45, 7) is 6.83. The van der Waals surface area contributed by atoms with Gasteiger partial charge in [-0.05, 0) is 50.8 Å². The van der Waals surface area contributed by atoms with Gasteiger partial charge < -0.3 is 19.3 Å². The molecule has 2 amide bonds. The lowest BCUT2D eigenvalue weighted by Crippen LogP contribution is -2.52. The monoisotopic (exact) mass is 465 g/mol. The number of nitrogens with zero attached hydrogens (tertiary/aromatic N) is 3. The van der Waals surface area contributed by atoms with Crippen molar-refractivity contribution in [1.82, 2.24) is 14.8 Å². The van der Waals surface area contributed by atoms with Crippen molar-refractivity contribution < 1.29 is 19.1 Å². The number of carbonyl (C=O) groups is 2. The quantitative estimate of drug-likeness (QED) is 0.641. The van der Waals surface area contributed by atoms with E-state index in [4.69, 9.17) is 14.5 Å². The molecule has 0 aliphatic carbocycles. The van der Waals surface area contributed by atoms with Crippen LogP contribution in [0.4, 0.5) is 0 Å². The zero-order valence-electron chi connectivity index (χ0n) is 20.5. The van der Waals surface area contributed by atoms with Gasteiger partial charge in [0.25, 0.3) is 0 Å². The first-order valence-corrected chi connectivity index (χ1v) is 12.2. The van der Waals surface area contributed by atoms with E-state index in [1.165, 1.54) is 12.7 Å². The van der Waals surface area contributed by atoms with Crippen molar-refractivity contribution in [3.63, 3.8) is 0 Å². The highest BCUT2D eigenvalue weighted by Gasteiger charge is 2.41. The normalized spacial score (nSPS) is 20.1. The first-order chi connectivity index (χ1) is 16.4. The van der Waals surface area contributed by atoms with Gasteiger partial charge >= 0.3 is 0 Å². The SMILES string of the molecule is COCC(=O)N1CCC(C)(C(=O)N2CCCC(c3cccc(Oc4ccc(C)cc4)n3)C2)CC1. The number of aryl methyl sites for hydroxylation is 1. The van der Waals surface area contributed by atoms with Gasteiger partial charge in [-0.15, -0.1) is 0 Å². The highest BCUT2D eigenvalue weighted by atomic mass is 16.5. The molecule has 0 saturated carbocycles. The number of likely N-dealkylation sites (tertiary alicyclic amines) is 2. The second-order valence-corrected chi connectivity index (χ2v) is 9.78. The van der Waals surface area contributed by atoms with Gasteiger partial charge in [0, 0.05) is 56.4 Å². The summed E-state index contributed by atoms with van der Waals surface area (Å²) < 4.78 is 10.9. The minimum absolute atomic E-state index is 0.00570. The highest BCUT2D eigenvalue weighted by molar-refractivity contribution is 5.83. The van der Waals surface area contributed by atoms with Gasteiger partial charge in [-0.3, -0.25) is 9.59 Å². The largest absolute Gasteiger partial charge is 0.439 e. The number of amides is 2. The zero-order chi connectivity index (χ0) is 24.1. The van der Waals surface area contributed by atoms with Crippen LogP contribution < -0.4 is 4.74 Å². The van der Waals surface area contributed by atoms with Gasteiger partial charge in [-0.25, -0.2) is 4.98 Å². The molecule has 0 spiro atoms. The fourth-order valence-corrected chi connectivity index (χ4v) is 4.91. The third kappa shape index (κ3) is 5.58. The van der Waals surface area contributed by atoms with E-state index < -0.39 is 5.41 Å². The van der Waals surface area contributed by atoms with Crippen LogP contribution in [0.5, 0.6) is 11.6 Å². The van der Waals surface area contributed by atoms with Crippen LogP contribution in [0.3, 0.4) is 0 Å². The van der Waals surface area contributed by atoms with E-state index in [2.05, 4.69) is 0 Å². The molecule has 7 nitrogen and oxygen atoms in total. The zero-order valence-corrected chi connectivity index (χ0v) is 20.5. The first-order valence-electron chi connectivity index (χ1n) is 12.2. The maximum Gasteiger partial charge on any atom is 0.248 e. The first kappa shape index (κ1) is 24.2. The van der Waals surface area contributed by atoms with Crippen molar-refractivity contribution in [3.8, 4) is 11.6 Å². The summed E-state index contributed by atoms with van der Waals surface area (Å²) in [4.78, 5) is 34.3. The van der Waals surface area contributed by atoms with E-state index in [0.29, 0.717) is 38.4 Å². The Morgan fingerprint density at radius 1 is 1.06 bits per heavy atom. The van der Waals surface area contributed by atoms with Gasteiger partial charge in [0.15, 0.2) is 0 Å². The molecule has 7 heteroatoms. The molecule has 2 aliphatic heterocycles. The van der Waals surface area contributed by atoms with Crippen molar-refractivity contribution >= 4 is 11.8 Å². The molecule has 0 N–H and O–H groups in total. The Morgan fingerprint density at radius 2 is 1.79 bits per heavy atom. The summed E-state index contributed by atoms with van der Waals surface area (Å²) in [6, 6.07) is 13.8. The fourth-order valence-electron chi connectivity index (χ4n) is 4.91. The summed E-state index contributed by atoms with van der Waals surface area (Å²) in [5.74, 6) is 1.71. The minimum Gasteiger partial charge on any atom is -0.439 e. The van der Waals surface area contributed by atoms with Crippen LogP contribution in [0, 0.1) is 12.3 Å². The van der Waals surface area contributed by atoms with Crippen LogP contribution >= 0.6 is 0 Å². The molecule has 3 heterocycles. The average Bonchev–Trinajstić information content (AvgIpc) is 2.86. The Morgan fingerprint density at radius 3 is 2.50 bits per heavy atom. The third-order valence-corrected chi connectivity index (χ3v) is 7.12. The predicted molar refractivity (Wildman–Crippen MR) is 130 cm³/mol. The Bertz CT molecular complexity index is 999. The number of ether oxygens (including phenoxy) is 2. The molecule has 1 aromatic carbocycles. The van der Waals surface area contributed by atoms with E-state index in [1.807, 2.05) is 61.2 Å². The molecule has 4 rings (SSSR count). The molecule has 34 heavy (non-hydrogen) atoms. The topological polar surface area (TPSA) is 72.0 Å². The third-order valence-electron chi connectivity index (χ3n) is 7.12. The second kappa shape index (κ2) is 10.6. The minimum atomic E-state index is -0.435. The van der Waals surface area contributed by atoms with Gasteiger partial charge in [-0.1, -0.05) is 30.7 Å². The Hall–Kier alpha value is -2.93. The summed E-state index contributed by atoms with van der Waals surface area (Å²) in [5.41, 5.74) is 1.71. The van der Waals surface area contributed by atoms with Crippen LogP contribution in [0.15, 0.2) is 42.5 Å². The Balaban J connectivity index is 1.39. The number of carbonyl (C=O) groups excluding carboxylic acids is 2. The van der Waals surface area contributed by atoms with Crippen molar-refractivity contribution in [3.05, 3.63) is 53.7 Å². The Kier molecular flexibility index (Phi) is 7.51. The van der Waals surface area contributed by atoms with Gasteiger partial charge in [-0.2, -0.15) is 0 Å². The maximum absolute atomic E-state index is 13.5. The molecule has 2 aliphatic rings. The summed E-state index contributed by atoms with van der Waals surface area (Å²) in [7, 11) is 1.53. The summed E-state index contributed by atoms with van der Waals surface area (Å²) in [6.07, 6.45) is 3.32. The number of piperidine rings is 2. The number of hydrogen-bond acceptors (Lipinski definition) is 5. The number of hydrogen-bond donors (Lipinski definition) is 0. The molecule has 2 aromatic rings. The molecule has 2 saturated heterocycles. The van der Waals surface area contributed by atoms with Crippen molar-refractivity contribution in [2.75, 3.05) is 39.9 Å². The average molecular weight is 466 g/mol. The molecule has 1 atom stereocenters. The number of aromatic nitrogens is 1. The van der Waals surface area contributed by atoms with Crippen molar-refractivity contribution in [2.45, 2.75) is 45.4 Å². The standard InChI is InChI=1S/C27H35N3O4/c1-20-9-11-22(12-10-20)34-24-8-4-7-23(28-24)21-6-5-15-30(18-21)26(32)27(2)13-16-29(17-14-27)25(31)19-33-3/h4,7-12,21H,5-6,13-19H2,1-3H3. The molecule has 1 aromatic heterocycles. The van der Waals surface area contributed by atoms with Crippen LogP contribution in [0.2, 0.25) is 0 Å². The van der Waals surface area contributed by atoms with Gasteiger partial charge in [0.2, 0.25) is 17.7 Å². The van der Waals surface area contributed by atoms with E-state index in [0.717, 1.165) is 30.8 Å². The lowest BCUT2D eigenvalue weighted by Gasteiger charge is -2.43. The number of methoxy groups -OCH3 is 1.